The molecule has 0 atom stereocenters. The topological polar surface area (TPSA) is 75.3 Å². The van der Waals surface area contributed by atoms with Crippen molar-refractivity contribution in [3.63, 3.8) is 0 Å². The Morgan fingerprint density at radius 3 is 2.33 bits per heavy atom. The molecule has 5 nitrogen and oxygen atoms in total. The number of carbonyl (C=O) groups excluding carboxylic acids is 1. The fourth-order valence-electron chi connectivity index (χ4n) is 1.99. The van der Waals surface area contributed by atoms with Crippen molar-refractivity contribution in [2.45, 2.75) is 23.1 Å². The van der Waals surface area contributed by atoms with Crippen molar-refractivity contribution in [2.24, 2.45) is 0 Å². The highest BCUT2D eigenvalue weighted by Gasteiger charge is 2.12. The highest BCUT2D eigenvalue weighted by molar-refractivity contribution is 7.99. The molecule has 7 heteroatoms. The maximum absolute atomic E-state index is 11.9. The van der Waals surface area contributed by atoms with E-state index in [9.17, 15) is 13.2 Å². The zero-order chi connectivity index (χ0) is 17.4. The summed E-state index contributed by atoms with van der Waals surface area (Å²) in [5, 5.41) is 2.77. The van der Waals surface area contributed by atoms with Gasteiger partial charge in [-0.3, -0.25) is 4.79 Å². The monoisotopic (exact) mass is 364 g/mol. The molecule has 0 radical (unpaired) electrons. The Hall–Kier alpha value is -1.83. The van der Waals surface area contributed by atoms with Crippen molar-refractivity contribution < 1.29 is 13.2 Å². The summed E-state index contributed by atoms with van der Waals surface area (Å²) in [5.41, 5.74) is 0.583. The average molecular weight is 364 g/mol. The molecule has 2 aromatic carbocycles. The van der Waals surface area contributed by atoms with Crippen LogP contribution in [0.5, 0.6) is 0 Å². The lowest BCUT2D eigenvalue weighted by Gasteiger charge is -2.07. The SMILES string of the molecule is CCNS(=O)(=O)c1ccc(NC(=O)CCSc2ccccc2)cc1. The molecule has 1 amide bonds. The van der Waals surface area contributed by atoms with E-state index in [1.54, 1.807) is 30.8 Å². The van der Waals surface area contributed by atoms with Gasteiger partial charge in [0, 0.05) is 29.3 Å². The van der Waals surface area contributed by atoms with E-state index >= 15 is 0 Å². The summed E-state index contributed by atoms with van der Waals surface area (Å²) in [6.07, 6.45) is 0.386. The van der Waals surface area contributed by atoms with Gasteiger partial charge in [0.15, 0.2) is 0 Å². The van der Waals surface area contributed by atoms with Crippen LogP contribution in [0.1, 0.15) is 13.3 Å². The number of sulfonamides is 1. The number of thioether (sulfide) groups is 1. The molecule has 0 unspecified atom stereocenters. The fourth-order valence-corrected chi connectivity index (χ4v) is 3.91. The number of anilines is 1. The predicted molar refractivity (Wildman–Crippen MR) is 97.7 cm³/mol. The fraction of sp³-hybridized carbons (Fsp3) is 0.235. The number of rotatable bonds is 8. The minimum Gasteiger partial charge on any atom is -0.326 e. The second-order valence-corrected chi connectivity index (χ2v) is 7.92. The van der Waals surface area contributed by atoms with Gasteiger partial charge >= 0.3 is 0 Å². The number of nitrogens with one attached hydrogen (secondary N) is 2. The minimum atomic E-state index is -3.47. The normalized spacial score (nSPS) is 11.2. The molecule has 24 heavy (non-hydrogen) atoms. The van der Waals surface area contributed by atoms with Crippen LogP contribution < -0.4 is 10.0 Å². The smallest absolute Gasteiger partial charge is 0.240 e. The summed E-state index contributed by atoms with van der Waals surface area (Å²) in [6.45, 7) is 2.06. The first-order chi connectivity index (χ1) is 11.5. The van der Waals surface area contributed by atoms with Gasteiger partial charge in [-0.15, -0.1) is 11.8 Å². The third-order valence-electron chi connectivity index (χ3n) is 3.12. The number of hydrogen-bond acceptors (Lipinski definition) is 4. The van der Waals surface area contributed by atoms with Crippen LogP contribution in [-0.4, -0.2) is 26.6 Å². The van der Waals surface area contributed by atoms with Gasteiger partial charge in [-0.05, 0) is 36.4 Å². The van der Waals surface area contributed by atoms with Gasteiger partial charge in [0.25, 0.3) is 0 Å². The van der Waals surface area contributed by atoms with E-state index in [2.05, 4.69) is 10.0 Å². The Balaban J connectivity index is 1.84. The number of benzene rings is 2. The van der Waals surface area contributed by atoms with E-state index < -0.39 is 10.0 Å². The standard InChI is InChI=1S/C17H20N2O3S2/c1-2-18-24(21,22)16-10-8-14(9-11-16)19-17(20)12-13-23-15-6-4-3-5-7-15/h3-11,18H,2,12-13H2,1H3,(H,19,20). The summed E-state index contributed by atoms with van der Waals surface area (Å²) in [5.74, 6) is 0.587. The van der Waals surface area contributed by atoms with Crippen molar-refractivity contribution in [3.05, 3.63) is 54.6 Å². The Labute approximate surface area is 146 Å². The van der Waals surface area contributed by atoms with Crippen LogP contribution in [-0.2, 0) is 14.8 Å². The lowest BCUT2D eigenvalue weighted by molar-refractivity contribution is -0.115. The zero-order valence-corrected chi connectivity index (χ0v) is 15.0. The Kier molecular flexibility index (Phi) is 6.84. The van der Waals surface area contributed by atoms with E-state index in [4.69, 9.17) is 0 Å². The maximum Gasteiger partial charge on any atom is 0.240 e. The molecular formula is C17H20N2O3S2. The summed E-state index contributed by atoms with van der Waals surface area (Å²) in [6, 6.07) is 16.0. The van der Waals surface area contributed by atoms with Crippen LogP contribution in [0, 0.1) is 0 Å². The molecule has 0 aliphatic heterocycles. The highest BCUT2D eigenvalue weighted by Crippen LogP contribution is 2.18. The van der Waals surface area contributed by atoms with Crippen LogP contribution in [0.15, 0.2) is 64.4 Å². The Morgan fingerprint density at radius 1 is 1.04 bits per heavy atom. The molecule has 0 aromatic heterocycles. The average Bonchev–Trinajstić information content (AvgIpc) is 2.56. The second-order valence-electron chi connectivity index (χ2n) is 4.99. The molecule has 0 heterocycles. The van der Waals surface area contributed by atoms with E-state index in [0.717, 1.165) is 4.90 Å². The van der Waals surface area contributed by atoms with Gasteiger partial charge in [0.1, 0.15) is 0 Å². The van der Waals surface area contributed by atoms with E-state index in [1.165, 1.54) is 12.1 Å². The first kappa shape index (κ1) is 18.5. The predicted octanol–water partition coefficient (Wildman–Crippen LogP) is 3.11. The summed E-state index contributed by atoms with van der Waals surface area (Å²) in [4.78, 5) is 13.2. The van der Waals surface area contributed by atoms with Crippen molar-refractivity contribution in [3.8, 4) is 0 Å². The van der Waals surface area contributed by atoms with Gasteiger partial charge in [-0.25, -0.2) is 13.1 Å². The molecule has 0 saturated carbocycles. The maximum atomic E-state index is 11.9. The van der Waals surface area contributed by atoms with Crippen molar-refractivity contribution in [2.75, 3.05) is 17.6 Å². The third kappa shape index (κ3) is 5.67. The number of carbonyl (C=O) groups is 1. The molecule has 0 fully saturated rings. The molecular weight excluding hydrogens is 344 g/mol. The zero-order valence-electron chi connectivity index (χ0n) is 13.4. The van der Waals surface area contributed by atoms with Gasteiger partial charge in [-0.2, -0.15) is 0 Å². The number of hydrogen-bond donors (Lipinski definition) is 2. The van der Waals surface area contributed by atoms with Gasteiger partial charge in [0.2, 0.25) is 15.9 Å². The molecule has 2 N–H and O–H groups in total. The van der Waals surface area contributed by atoms with E-state index in [1.807, 2.05) is 30.3 Å². The Morgan fingerprint density at radius 2 is 1.71 bits per heavy atom. The molecule has 128 valence electrons. The van der Waals surface area contributed by atoms with E-state index in [0.29, 0.717) is 24.4 Å². The lowest BCUT2D eigenvalue weighted by atomic mass is 10.3. The van der Waals surface area contributed by atoms with E-state index in [-0.39, 0.29) is 10.8 Å². The molecule has 2 rings (SSSR count). The lowest BCUT2D eigenvalue weighted by Crippen LogP contribution is -2.23. The first-order valence-electron chi connectivity index (χ1n) is 7.58. The van der Waals surface area contributed by atoms with Crippen LogP contribution in [0.2, 0.25) is 0 Å². The second kappa shape index (κ2) is 8.86. The van der Waals surface area contributed by atoms with Crippen molar-refractivity contribution in [1.82, 2.24) is 4.72 Å². The van der Waals surface area contributed by atoms with Crippen molar-refractivity contribution >= 4 is 33.4 Å². The van der Waals surface area contributed by atoms with Crippen LogP contribution in [0.4, 0.5) is 5.69 Å². The molecule has 0 aliphatic rings. The molecule has 0 bridgehead atoms. The van der Waals surface area contributed by atoms with Gasteiger partial charge in [-0.1, -0.05) is 25.1 Å². The largest absolute Gasteiger partial charge is 0.326 e. The third-order valence-corrected chi connectivity index (χ3v) is 5.70. The molecule has 0 spiro atoms. The molecule has 0 saturated heterocycles. The number of amides is 1. The summed E-state index contributed by atoms with van der Waals surface area (Å²) >= 11 is 1.62. The van der Waals surface area contributed by atoms with Gasteiger partial charge in [0.05, 0.1) is 4.90 Å². The van der Waals surface area contributed by atoms with Crippen molar-refractivity contribution in [1.29, 1.82) is 0 Å². The van der Waals surface area contributed by atoms with Crippen LogP contribution in [0.25, 0.3) is 0 Å². The Bertz CT molecular complexity index is 760. The van der Waals surface area contributed by atoms with Crippen LogP contribution >= 0.6 is 11.8 Å². The highest BCUT2D eigenvalue weighted by atomic mass is 32.2. The molecule has 0 aliphatic carbocycles. The summed E-state index contributed by atoms with van der Waals surface area (Å²) in [7, 11) is -3.47. The quantitative estimate of drug-likeness (QED) is 0.706. The summed E-state index contributed by atoms with van der Waals surface area (Å²) < 4.78 is 26.1. The first-order valence-corrected chi connectivity index (χ1v) is 10.1. The van der Waals surface area contributed by atoms with Crippen LogP contribution in [0.3, 0.4) is 0 Å². The minimum absolute atomic E-state index is 0.0966. The van der Waals surface area contributed by atoms with Gasteiger partial charge < -0.3 is 5.32 Å². The molecule has 2 aromatic rings.